The highest BCUT2D eigenvalue weighted by molar-refractivity contribution is 6.05. The van der Waals surface area contributed by atoms with Gasteiger partial charge in [0, 0.05) is 73.6 Å². The van der Waals surface area contributed by atoms with Gasteiger partial charge in [0.1, 0.15) is 23.4 Å². The Morgan fingerprint density at radius 2 is 1.70 bits per heavy atom. The van der Waals surface area contributed by atoms with Crippen LogP contribution in [0.25, 0.3) is 16.4 Å². The number of aromatic nitrogens is 4. The van der Waals surface area contributed by atoms with E-state index in [2.05, 4.69) is 36.3 Å². The van der Waals surface area contributed by atoms with Crippen molar-refractivity contribution in [2.75, 3.05) is 38.0 Å². The summed E-state index contributed by atoms with van der Waals surface area (Å²) in [7, 11) is 0. The number of fused-ring (bicyclic) bond motifs is 2. The minimum Gasteiger partial charge on any atom is -0.386 e. The Labute approximate surface area is 346 Å². The molecule has 4 aliphatic rings. The fraction of sp³-hybridized carbons (Fsp3) is 0.467. The number of nitriles is 1. The number of anilines is 1. The van der Waals surface area contributed by atoms with Crippen LogP contribution >= 0.6 is 0 Å². The molecule has 0 radical (unpaired) electrons. The first-order valence-electron chi connectivity index (χ1n) is 21.0. The maximum atomic E-state index is 15.1. The van der Waals surface area contributed by atoms with Crippen LogP contribution in [0.5, 0.6) is 0 Å². The van der Waals surface area contributed by atoms with Crippen molar-refractivity contribution in [2.45, 2.75) is 94.7 Å². The Hall–Kier alpha value is -5.56. The van der Waals surface area contributed by atoms with Crippen molar-refractivity contribution in [1.82, 2.24) is 34.5 Å². The molecule has 4 fully saturated rings. The van der Waals surface area contributed by atoms with Crippen LogP contribution in [0, 0.1) is 28.9 Å². The maximum absolute atomic E-state index is 15.1. The molecule has 312 valence electrons. The fourth-order valence-corrected chi connectivity index (χ4v) is 9.97. The molecule has 2 aliphatic carbocycles. The van der Waals surface area contributed by atoms with Gasteiger partial charge in [0.2, 0.25) is 11.8 Å². The molecule has 2 aromatic carbocycles. The summed E-state index contributed by atoms with van der Waals surface area (Å²) < 4.78 is 33.8. The molecular weight excluding hydrogens is 769 g/mol. The largest absolute Gasteiger partial charge is 0.386 e. The van der Waals surface area contributed by atoms with Crippen LogP contribution in [0.3, 0.4) is 0 Å². The monoisotopic (exact) mass is 817 g/mol. The van der Waals surface area contributed by atoms with Crippen LogP contribution in [0.15, 0.2) is 54.9 Å². The molecule has 5 heterocycles. The number of piperazine rings is 1. The van der Waals surface area contributed by atoms with Crippen LogP contribution in [0.1, 0.15) is 116 Å². The number of piperidine rings is 1. The van der Waals surface area contributed by atoms with Gasteiger partial charge in [-0.25, -0.2) is 13.3 Å². The second-order valence-electron chi connectivity index (χ2n) is 17.7. The Morgan fingerprint density at radius 3 is 2.38 bits per heavy atom. The number of amides is 3. The molecule has 15 heteroatoms. The smallest absolute Gasteiger partial charge is 0.274 e. The molecule has 1 atom stereocenters. The molecule has 3 N–H and O–H groups in total. The molecule has 13 nitrogen and oxygen atoms in total. The van der Waals surface area contributed by atoms with Gasteiger partial charge in [-0.2, -0.15) is 15.5 Å². The first-order valence-corrected chi connectivity index (χ1v) is 21.0. The van der Waals surface area contributed by atoms with Gasteiger partial charge in [-0.3, -0.25) is 29.3 Å². The van der Waals surface area contributed by atoms with Crippen molar-refractivity contribution in [1.29, 1.82) is 5.26 Å². The summed E-state index contributed by atoms with van der Waals surface area (Å²) in [5.41, 5.74) is 2.30. The lowest BCUT2D eigenvalue weighted by Gasteiger charge is -2.44. The number of nitrogens with zero attached hydrogens (tertiary/aromatic N) is 7. The number of halogens is 2. The predicted octanol–water partition coefficient (Wildman–Crippen LogP) is 6.13. The standard InChI is InChI=1S/C45H49F2N9O4/c1-45(2,60)35-21-38-30(20-39(35)50-44(59)40-9-7-33-17-27(22-48)23-49-56(33)40)25-55(52-38)32-5-3-31(4-6-32)54-13-11-53(12-14-54)24-26-15-28(16-26)29-18-36(46)42(37(47)19-29)34-8-10-41(57)51-43(34)58/h7,9,17-21,23,25-26,28,31-32,34,60H,3-6,8,10-16,24H2,1-2H3,(H,50,59)(H,51,57,58)/t26?,28?,31?,32?,34-/m0/s1. The second-order valence-corrected chi connectivity index (χ2v) is 17.7. The lowest BCUT2D eigenvalue weighted by Crippen LogP contribution is -2.52. The predicted molar refractivity (Wildman–Crippen MR) is 219 cm³/mol. The number of rotatable bonds is 9. The summed E-state index contributed by atoms with van der Waals surface area (Å²) in [6.45, 7) is 8.37. The molecule has 2 saturated carbocycles. The lowest BCUT2D eigenvalue weighted by molar-refractivity contribution is -0.134. The Bertz CT molecular complexity index is 2510. The number of hydrogen-bond acceptors (Lipinski definition) is 9. The van der Waals surface area contributed by atoms with Crippen molar-refractivity contribution >= 4 is 39.8 Å². The average Bonchev–Trinajstić information content (AvgIpc) is 3.83. The highest BCUT2D eigenvalue weighted by Gasteiger charge is 2.37. The molecular formula is C45H49F2N9O4. The lowest BCUT2D eigenvalue weighted by atomic mass is 9.70. The third-order valence-electron chi connectivity index (χ3n) is 13.3. The molecule has 0 bridgehead atoms. The molecule has 5 aromatic rings. The minimum atomic E-state index is -1.25. The van der Waals surface area contributed by atoms with E-state index < -0.39 is 35.0 Å². The van der Waals surface area contributed by atoms with E-state index >= 15 is 8.78 Å². The number of aliphatic hydroxyl groups is 1. The van der Waals surface area contributed by atoms with Crippen molar-refractivity contribution in [3.05, 3.63) is 94.4 Å². The zero-order valence-electron chi connectivity index (χ0n) is 33.8. The Kier molecular flexibility index (Phi) is 10.5. The second kappa shape index (κ2) is 15.8. The van der Waals surface area contributed by atoms with E-state index in [1.54, 1.807) is 32.0 Å². The molecule has 0 unspecified atom stereocenters. The number of carbonyl (C=O) groups is 3. The van der Waals surface area contributed by atoms with E-state index in [0.717, 1.165) is 82.2 Å². The van der Waals surface area contributed by atoms with Gasteiger partial charge in [-0.1, -0.05) is 0 Å². The summed E-state index contributed by atoms with van der Waals surface area (Å²) in [6, 6.07) is 14.4. The Morgan fingerprint density at radius 1 is 0.983 bits per heavy atom. The number of carbonyl (C=O) groups excluding carboxylic acids is 3. The number of imide groups is 1. The summed E-state index contributed by atoms with van der Waals surface area (Å²) >= 11 is 0. The summed E-state index contributed by atoms with van der Waals surface area (Å²) in [6.07, 6.45) is 9.56. The van der Waals surface area contributed by atoms with Crippen LogP contribution in [0.4, 0.5) is 14.5 Å². The van der Waals surface area contributed by atoms with Gasteiger partial charge in [0.05, 0.1) is 40.4 Å². The van der Waals surface area contributed by atoms with Gasteiger partial charge in [-0.15, -0.1) is 0 Å². The van der Waals surface area contributed by atoms with Crippen LogP contribution in [-0.2, 0) is 15.2 Å². The molecule has 3 amide bonds. The van der Waals surface area contributed by atoms with Gasteiger partial charge >= 0.3 is 0 Å². The van der Waals surface area contributed by atoms with Crippen molar-refractivity contribution < 1.29 is 28.3 Å². The van der Waals surface area contributed by atoms with E-state index in [0.29, 0.717) is 45.5 Å². The molecule has 2 saturated heterocycles. The van der Waals surface area contributed by atoms with Crippen molar-refractivity contribution in [3.63, 3.8) is 0 Å². The maximum Gasteiger partial charge on any atom is 0.274 e. The molecule has 9 rings (SSSR count). The first-order chi connectivity index (χ1) is 28.8. The Balaban J connectivity index is 0.766. The van der Waals surface area contributed by atoms with E-state index in [-0.39, 0.29) is 36.3 Å². The third kappa shape index (κ3) is 7.79. The third-order valence-corrected chi connectivity index (χ3v) is 13.3. The number of hydrogen-bond donors (Lipinski definition) is 3. The van der Waals surface area contributed by atoms with E-state index in [4.69, 9.17) is 5.10 Å². The van der Waals surface area contributed by atoms with Crippen molar-refractivity contribution in [3.8, 4) is 6.07 Å². The molecule has 0 spiro atoms. The summed E-state index contributed by atoms with van der Waals surface area (Å²) in [4.78, 5) is 42.4. The van der Waals surface area contributed by atoms with Crippen LogP contribution in [-0.4, -0.2) is 90.8 Å². The molecule has 60 heavy (non-hydrogen) atoms. The van der Waals surface area contributed by atoms with Crippen molar-refractivity contribution in [2.24, 2.45) is 5.92 Å². The van der Waals surface area contributed by atoms with Crippen LogP contribution in [0.2, 0.25) is 0 Å². The normalized spacial score (nSPS) is 24.3. The van der Waals surface area contributed by atoms with Gasteiger partial charge in [0.25, 0.3) is 5.91 Å². The van der Waals surface area contributed by atoms with Gasteiger partial charge in [0.15, 0.2) is 0 Å². The SMILES string of the molecule is CC(C)(O)c1cc2nn(C3CCC(N4CCN(CC5CC(c6cc(F)c([C@@H]7CCC(=O)NC7=O)c(F)c6)C5)CC4)CC3)cc2cc1NC(=O)c1ccc2cc(C#N)cnn12. The highest BCUT2D eigenvalue weighted by Crippen LogP contribution is 2.44. The van der Waals surface area contributed by atoms with E-state index in [1.807, 2.05) is 18.3 Å². The zero-order chi connectivity index (χ0) is 41.9. The minimum absolute atomic E-state index is 0.0713. The topological polar surface area (TPSA) is 161 Å². The fourth-order valence-electron chi connectivity index (χ4n) is 9.97. The molecule has 2 aliphatic heterocycles. The summed E-state index contributed by atoms with van der Waals surface area (Å²) in [5, 5.41) is 35.6. The average molecular weight is 818 g/mol. The highest BCUT2D eigenvalue weighted by atomic mass is 19.1. The quantitative estimate of drug-likeness (QED) is 0.149. The van der Waals surface area contributed by atoms with Crippen LogP contribution < -0.4 is 10.6 Å². The first kappa shape index (κ1) is 39.9. The number of benzene rings is 2. The zero-order valence-corrected chi connectivity index (χ0v) is 33.8. The number of nitrogens with one attached hydrogen (secondary N) is 2. The molecule has 3 aromatic heterocycles. The summed E-state index contributed by atoms with van der Waals surface area (Å²) in [5.74, 6) is -3.25. The van der Waals surface area contributed by atoms with Gasteiger partial charge < -0.3 is 15.3 Å². The van der Waals surface area contributed by atoms with Gasteiger partial charge in [-0.05, 0) is 119 Å². The van der Waals surface area contributed by atoms with E-state index in [1.165, 1.54) is 22.8 Å². The van der Waals surface area contributed by atoms with E-state index in [9.17, 15) is 24.8 Å².